The van der Waals surface area contributed by atoms with E-state index in [1.807, 2.05) is 48.5 Å². The van der Waals surface area contributed by atoms with Gasteiger partial charge in [0.25, 0.3) is 5.91 Å². The molecule has 0 bridgehead atoms. The first kappa shape index (κ1) is 15.6. The maximum atomic E-state index is 11.7. The van der Waals surface area contributed by atoms with Gasteiger partial charge < -0.3 is 20.0 Å². The Hall–Kier alpha value is -2.82. The average molecular weight is 298 g/mol. The lowest BCUT2D eigenvalue weighted by atomic mass is 10.1. The van der Waals surface area contributed by atoms with Gasteiger partial charge in [0.2, 0.25) is 0 Å². The van der Waals surface area contributed by atoms with Crippen molar-refractivity contribution in [2.24, 2.45) is 0 Å². The molecule has 5 nitrogen and oxygen atoms in total. The fourth-order valence-corrected chi connectivity index (χ4v) is 1.93. The van der Waals surface area contributed by atoms with Crippen LogP contribution in [-0.2, 0) is 9.59 Å². The Morgan fingerprint density at radius 2 is 1.73 bits per heavy atom. The van der Waals surface area contributed by atoms with Gasteiger partial charge in [0.15, 0.2) is 6.61 Å². The topological polar surface area (TPSA) is 78.5 Å². The van der Waals surface area contributed by atoms with Crippen molar-refractivity contribution in [2.45, 2.75) is 13.0 Å². The molecule has 0 aromatic heterocycles. The third kappa shape index (κ3) is 4.09. The van der Waals surface area contributed by atoms with Crippen LogP contribution >= 0.6 is 0 Å². The maximum absolute atomic E-state index is 11.7. The molecule has 0 unspecified atom stereocenters. The van der Waals surface area contributed by atoms with E-state index in [2.05, 4.69) is 5.32 Å². The molecule has 114 valence electrons. The molecule has 2 rings (SSSR count). The summed E-state index contributed by atoms with van der Waals surface area (Å²) in [6.07, 6.45) is 0. The van der Waals surface area contributed by atoms with E-state index in [4.69, 9.17) is 4.74 Å². The molecule has 0 spiro atoms. The molecule has 1 amide bonds. The van der Waals surface area contributed by atoms with Crippen LogP contribution in [0, 0.1) is 0 Å². The Kier molecular flexibility index (Phi) is 5.14. The molecule has 0 aliphatic rings. The third-order valence-electron chi connectivity index (χ3n) is 3.06. The largest absolute Gasteiger partial charge is 0.548 e. The fraction of sp³-hybridized carbons (Fsp3) is 0.176. The number of rotatable bonds is 6. The Balaban J connectivity index is 2.05. The summed E-state index contributed by atoms with van der Waals surface area (Å²) in [7, 11) is 0. The smallest absolute Gasteiger partial charge is 0.258 e. The van der Waals surface area contributed by atoms with Crippen molar-refractivity contribution in [3.05, 3.63) is 54.6 Å². The van der Waals surface area contributed by atoms with Crippen molar-refractivity contribution in [3.63, 3.8) is 0 Å². The van der Waals surface area contributed by atoms with Crippen molar-refractivity contribution in [1.29, 1.82) is 0 Å². The lowest BCUT2D eigenvalue weighted by Gasteiger charge is -2.16. The number of amides is 1. The first-order valence-electron chi connectivity index (χ1n) is 6.85. The summed E-state index contributed by atoms with van der Waals surface area (Å²) in [5, 5.41) is 12.9. The van der Waals surface area contributed by atoms with E-state index >= 15 is 0 Å². The highest BCUT2D eigenvalue weighted by atomic mass is 16.5. The van der Waals surface area contributed by atoms with Gasteiger partial charge in [-0.15, -0.1) is 0 Å². The molecule has 0 heterocycles. The second-order valence-corrected chi connectivity index (χ2v) is 4.76. The van der Waals surface area contributed by atoms with Crippen LogP contribution in [0.5, 0.6) is 5.75 Å². The van der Waals surface area contributed by atoms with Crippen LogP contribution in [0.4, 0.5) is 0 Å². The quantitative estimate of drug-likeness (QED) is 0.862. The lowest BCUT2D eigenvalue weighted by Crippen LogP contribution is -2.47. The maximum Gasteiger partial charge on any atom is 0.258 e. The molecule has 0 aliphatic carbocycles. The van der Waals surface area contributed by atoms with Gasteiger partial charge in [0.1, 0.15) is 5.75 Å². The number of carboxylic acids is 1. The predicted molar refractivity (Wildman–Crippen MR) is 80.0 cm³/mol. The van der Waals surface area contributed by atoms with E-state index in [0.29, 0.717) is 5.75 Å². The molecule has 0 saturated carbocycles. The summed E-state index contributed by atoms with van der Waals surface area (Å²) in [6.45, 7) is 1.08. The van der Waals surface area contributed by atoms with Gasteiger partial charge in [-0.3, -0.25) is 4.79 Å². The zero-order chi connectivity index (χ0) is 15.9. The second-order valence-electron chi connectivity index (χ2n) is 4.76. The van der Waals surface area contributed by atoms with Crippen LogP contribution in [-0.4, -0.2) is 24.5 Å². The van der Waals surface area contributed by atoms with Gasteiger partial charge in [0, 0.05) is 5.56 Å². The molecule has 5 heteroatoms. The number of carboxylic acid groups (broad SMARTS) is 1. The molecule has 1 N–H and O–H groups in total. The number of aliphatic carboxylic acids is 1. The number of nitrogens with one attached hydrogen (secondary N) is 1. The van der Waals surface area contributed by atoms with Crippen LogP contribution in [0.3, 0.4) is 0 Å². The summed E-state index contributed by atoms with van der Waals surface area (Å²) in [4.78, 5) is 22.2. The van der Waals surface area contributed by atoms with Crippen molar-refractivity contribution in [2.75, 3.05) is 6.61 Å². The summed E-state index contributed by atoms with van der Waals surface area (Å²) in [5.74, 6) is -1.29. The summed E-state index contributed by atoms with van der Waals surface area (Å²) < 4.78 is 5.51. The standard InChI is InChI=1S/C17H17NO4/c1-12(17(20)21)18-16(19)11-22-15-10-6-5-9-14(15)13-7-3-2-4-8-13/h2-10,12H,11H2,1H3,(H,18,19)(H,20,21)/p-1/t12-/m1/s1. The zero-order valence-electron chi connectivity index (χ0n) is 12.1. The Bertz CT molecular complexity index is 655. The SMILES string of the molecule is C[C@@H](NC(=O)COc1ccccc1-c1ccccc1)C(=O)[O-]. The van der Waals surface area contributed by atoms with Gasteiger partial charge in [-0.25, -0.2) is 0 Å². The second kappa shape index (κ2) is 7.26. The van der Waals surface area contributed by atoms with Crippen LogP contribution in [0.1, 0.15) is 6.92 Å². The molecular formula is C17H16NO4-. The number of benzene rings is 2. The molecule has 2 aromatic rings. The highest BCUT2D eigenvalue weighted by Crippen LogP contribution is 2.29. The van der Waals surface area contributed by atoms with E-state index in [-0.39, 0.29) is 6.61 Å². The summed E-state index contributed by atoms with van der Waals surface area (Å²) in [6, 6.07) is 15.9. The van der Waals surface area contributed by atoms with E-state index in [1.54, 1.807) is 6.07 Å². The minimum absolute atomic E-state index is 0.262. The van der Waals surface area contributed by atoms with Crippen LogP contribution in [0.25, 0.3) is 11.1 Å². The predicted octanol–water partition coefficient (Wildman–Crippen LogP) is 0.987. The van der Waals surface area contributed by atoms with E-state index < -0.39 is 17.9 Å². The van der Waals surface area contributed by atoms with Crippen molar-refractivity contribution in [3.8, 4) is 16.9 Å². The van der Waals surface area contributed by atoms with Crippen LogP contribution < -0.4 is 15.2 Å². The number of ether oxygens (including phenoxy) is 1. The molecule has 2 aromatic carbocycles. The van der Waals surface area contributed by atoms with Crippen molar-refractivity contribution in [1.82, 2.24) is 5.32 Å². The van der Waals surface area contributed by atoms with Gasteiger partial charge in [-0.1, -0.05) is 48.5 Å². The molecule has 1 atom stereocenters. The first-order chi connectivity index (χ1) is 10.6. The number of carbonyl (C=O) groups is 2. The molecule has 0 aliphatic heterocycles. The van der Waals surface area contributed by atoms with Gasteiger partial charge >= 0.3 is 0 Å². The minimum atomic E-state index is -1.34. The van der Waals surface area contributed by atoms with Crippen LogP contribution in [0.2, 0.25) is 0 Å². The number of para-hydroxylation sites is 1. The summed E-state index contributed by atoms with van der Waals surface area (Å²) >= 11 is 0. The summed E-state index contributed by atoms with van der Waals surface area (Å²) in [5.41, 5.74) is 1.84. The molecule has 22 heavy (non-hydrogen) atoms. The van der Waals surface area contributed by atoms with Gasteiger partial charge in [-0.05, 0) is 18.6 Å². The van der Waals surface area contributed by atoms with E-state index in [0.717, 1.165) is 11.1 Å². The minimum Gasteiger partial charge on any atom is -0.548 e. The zero-order valence-corrected chi connectivity index (χ0v) is 12.1. The highest BCUT2D eigenvalue weighted by molar-refractivity contribution is 5.83. The van der Waals surface area contributed by atoms with Gasteiger partial charge in [0.05, 0.1) is 12.0 Å². The highest BCUT2D eigenvalue weighted by Gasteiger charge is 2.10. The molecule has 0 radical (unpaired) electrons. The van der Waals surface area contributed by atoms with Gasteiger partial charge in [-0.2, -0.15) is 0 Å². The number of carbonyl (C=O) groups excluding carboxylic acids is 2. The Morgan fingerprint density at radius 3 is 2.41 bits per heavy atom. The molecule has 0 saturated heterocycles. The normalized spacial score (nSPS) is 11.5. The number of hydrogen-bond donors (Lipinski definition) is 1. The number of hydrogen-bond acceptors (Lipinski definition) is 4. The van der Waals surface area contributed by atoms with Crippen LogP contribution in [0.15, 0.2) is 54.6 Å². The van der Waals surface area contributed by atoms with E-state index in [1.165, 1.54) is 6.92 Å². The monoisotopic (exact) mass is 298 g/mol. The third-order valence-corrected chi connectivity index (χ3v) is 3.06. The average Bonchev–Trinajstić information content (AvgIpc) is 2.54. The fourth-order valence-electron chi connectivity index (χ4n) is 1.93. The molecular weight excluding hydrogens is 282 g/mol. The van der Waals surface area contributed by atoms with Crippen molar-refractivity contribution < 1.29 is 19.4 Å². The van der Waals surface area contributed by atoms with Crippen molar-refractivity contribution >= 4 is 11.9 Å². The molecule has 0 fully saturated rings. The Morgan fingerprint density at radius 1 is 1.09 bits per heavy atom. The Labute approximate surface area is 128 Å². The van der Waals surface area contributed by atoms with E-state index in [9.17, 15) is 14.7 Å². The first-order valence-corrected chi connectivity index (χ1v) is 6.85. The lowest BCUT2D eigenvalue weighted by molar-refractivity contribution is -0.307.